The molecule has 1 aliphatic rings. The third kappa shape index (κ3) is 4.42. The highest BCUT2D eigenvalue weighted by Crippen LogP contribution is 2.38. The van der Waals surface area contributed by atoms with Crippen LogP contribution in [-0.2, 0) is 0 Å². The molecule has 0 aliphatic carbocycles. The first-order valence-corrected chi connectivity index (χ1v) is 12.3. The lowest BCUT2D eigenvalue weighted by Crippen LogP contribution is -2.17. The first kappa shape index (κ1) is 21.8. The molecule has 0 saturated carbocycles. The van der Waals surface area contributed by atoms with Crippen LogP contribution in [0.25, 0.3) is 22.9 Å². The molecule has 1 unspecified atom stereocenters. The fourth-order valence-corrected chi connectivity index (χ4v) is 5.18. The molecule has 5 rings (SSSR count). The summed E-state index contributed by atoms with van der Waals surface area (Å²) >= 11 is 2.67. The van der Waals surface area contributed by atoms with Crippen molar-refractivity contribution >= 4 is 45.2 Å². The van der Waals surface area contributed by atoms with E-state index in [4.69, 9.17) is 9.72 Å². The molecule has 166 valence electrons. The number of carbonyl (C=O) groups excluding carboxylic acids is 1. The molecule has 0 bridgehead atoms. The van der Waals surface area contributed by atoms with Gasteiger partial charge in [-0.15, -0.1) is 11.3 Å². The summed E-state index contributed by atoms with van der Waals surface area (Å²) < 4.78 is 6.02. The van der Waals surface area contributed by atoms with Gasteiger partial charge in [0, 0.05) is 11.1 Å². The molecular weight excluding hydrogens is 462 g/mol. The van der Waals surface area contributed by atoms with Crippen molar-refractivity contribution in [2.75, 3.05) is 5.32 Å². The molecule has 1 atom stereocenters. The highest BCUT2D eigenvalue weighted by Gasteiger charge is 2.21. The number of nitrogens with zero attached hydrogens (tertiary/aromatic N) is 2. The van der Waals surface area contributed by atoms with Gasteiger partial charge in [-0.2, -0.15) is 5.26 Å². The lowest BCUT2D eigenvalue weighted by atomic mass is 10.0. The first-order valence-electron chi connectivity index (χ1n) is 10.6. The minimum absolute atomic E-state index is 0.196. The zero-order valence-electron chi connectivity index (χ0n) is 18.2. The maximum Gasteiger partial charge on any atom is 0.266 e. The van der Waals surface area contributed by atoms with Crippen LogP contribution in [-0.4, -0.2) is 17.0 Å². The smallest absolute Gasteiger partial charge is 0.266 e. The van der Waals surface area contributed by atoms with Gasteiger partial charge in [0.05, 0.1) is 10.5 Å². The normalized spacial score (nSPS) is 15.0. The minimum Gasteiger partial charge on any atom is -0.485 e. The van der Waals surface area contributed by atoms with Crippen LogP contribution in [0.2, 0.25) is 0 Å². The second-order valence-corrected chi connectivity index (χ2v) is 9.55. The van der Waals surface area contributed by atoms with Gasteiger partial charge in [-0.1, -0.05) is 65.9 Å². The van der Waals surface area contributed by atoms with E-state index in [-0.39, 0.29) is 12.0 Å². The Morgan fingerprint density at radius 3 is 2.68 bits per heavy atom. The van der Waals surface area contributed by atoms with Crippen molar-refractivity contribution in [2.24, 2.45) is 0 Å². The average molecular weight is 482 g/mol. The number of amides is 1. The van der Waals surface area contributed by atoms with E-state index in [0.29, 0.717) is 26.2 Å². The third-order valence-electron chi connectivity index (χ3n) is 5.32. The van der Waals surface area contributed by atoms with Crippen molar-refractivity contribution in [3.63, 3.8) is 0 Å². The number of hydrogen-bond acceptors (Lipinski definition) is 6. The van der Waals surface area contributed by atoms with Crippen molar-refractivity contribution in [3.8, 4) is 23.1 Å². The molecule has 2 aromatic heterocycles. The molecule has 34 heavy (non-hydrogen) atoms. The van der Waals surface area contributed by atoms with E-state index in [1.54, 1.807) is 6.07 Å². The number of thiazole rings is 1. The number of hydrogen-bond donors (Lipinski definition) is 1. The van der Waals surface area contributed by atoms with E-state index in [0.717, 1.165) is 22.4 Å². The molecule has 0 fully saturated rings. The standard InChI is InChI=1S/C27H19N3O2S2/c1-17-20(14-19-10-5-6-11-22(19)32-17)15-21(16-28)26-29-24(18-8-3-2-4-9-18)27(34-26)30-25(31)23-12-7-13-33-23/h2-15,17H,1H3,(H,30,31)/b21-15+. The molecule has 1 aliphatic heterocycles. The SMILES string of the molecule is CC1Oc2ccccc2C=C1/C=C(\C#N)c1nc(-c2ccccc2)c(NC(=O)c2cccs2)s1. The molecule has 0 spiro atoms. The number of nitriles is 1. The number of para-hydroxylation sites is 1. The summed E-state index contributed by atoms with van der Waals surface area (Å²) in [7, 11) is 0. The lowest BCUT2D eigenvalue weighted by Gasteiger charge is -2.22. The fourth-order valence-electron chi connectivity index (χ4n) is 3.61. The molecular formula is C27H19N3O2S2. The summed E-state index contributed by atoms with van der Waals surface area (Å²) in [6, 6.07) is 23.4. The number of nitrogens with one attached hydrogen (secondary N) is 1. The maximum atomic E-state index is 12.8. The molecule has 1 amide bonds. The van der Waals surface area contributed by atoms with Crippen molar-refractivity contribution in [3.05, 3.63) is 99.2 Å². The molecule has 3 heterocycles. The van der Waals surface area contributed by atoms with E-state index >= 15 is 0 Å². The predicted octanol–water partition coefficient (Wildman–Crippen LogP) is 6.90. The van der Waals surface area contributed by atoms with E-state index in [1.807, 2.05) is 85.1 Å². The molecule has 5 nitrogen and oxygen atoms in total. The number of anilines is 1. The second kappa shape index (κ2) is 9.48. The Kier molecular flexibility index (Phi) is 6.09. The molecule has 2 aromatic carbocycles. The monoisotopic (exact) mass is 481 g/mol. The minimum atomic E-state index is -0.204. The molecule has 0 radical (unpaired) electrons. The summed E-state index contributed by atoms with van der Waals surface area (Å²) in [6.45, 7) is 1.96. The molecule has 0 saturated heterocycles. The van der Waals surface area contributed by atoms with Gasteiger partial charge in [-0.25, -0.2) is 4.98 Å². The van der Waals surface area contributed by atoms with Crippen LogP contribution in [0.4, 0.5) is 5.00 Å². The fraction of sp³-hybridized carbons (Fsp3) is 0.0741. The van der Waals surface area contributed by atoms with Crippen molar-refractivity contribution in [1.82, 2.24) is 4.98 Å². The largest absolute Gasteiger partial charge is 0.485 e. The summed E-state index contributed by atoms with van der Waals surface area (Å²) in [6.07, 6.45) is 3.65. The topological polar surface area (TPSA) is 75.0 Å². The highest BCUT2D eigenvalue weighted by atomic mass is 32.1. The summed E-state index contributed by atoms with van der Waals surface area (Å²) in [5, 5.41) is 16.0. The number of aromatic nitrogens is 1. The van der Waals surface area contributed by atoms with Crippen LogP contribution >= 0.6 is 22.7 Å². The van der Waals surface area contributed by atoms with Gasteiger partial charge in [0.25, 0.3) is 5.91 Å². The molecule has 1 N–H and O–H groups in total. The van der Waals surface area contributed by atoms with Crippen LogP contribution in [0.15, 0.2) is 83.8 Å². The van der Waals surface area contributed by atoms with Crippen molar-refractivity contribution in [1.29, 1.82) is 5.26 Å². The van der Waals surface area contributed by atoms with E-state index in [2.05, 4.69) is 11.4 Å². The van der Waals surface area contributed by atoms with Gasteiger partial charge in [-0.3, -0.25) is 4.79 Å². The maximum absolute atomic E-state index is 12.8. The highest BCUT2D eigenvalue weighted by molar-refractivity contribution is 7.17. The van der Waals surface area contributed by atoms with E-state index in [1.165, 1.54) is 22.7 Å². The Morgan fingerprint density at radius 2 is 1.91 bits per heavy atom. The summed E-state index contributed by atoms with van der Waals surface area (Å²) in [4.78, 5) is 18.1. The van der Waals surface area contributed by atoms with Crippen LogP contribution < -0.4 is 10.1 Å². The lowest BCUT2D eigenvalue weighted by molar-refractivity contribution is 0.103. The number of ether oxygens (including phenoxy) is 1. The number of allylic oxidation sites excluding steroid dienone is 1. The van der Waals surface area contributed by atoms with E-state index in [9.17, 15) is 10.1 Å². The number of carbonyl (C=O) groups is 1. The van der Waals surface area contributed by atoms with Gasteiger partial charge in [0.15, 0.2) is 0 Å². The van der Waals surface area contributed by atoms with Gasteiger partial charge >= 0.3 is 0 Å². The van der Waals surface area contributed by atoms with E-state index < -0.39 is 0 Å². The van der Waals surface area contributed by atoms with Crippen molar-refractivity contribution < 1.29 is 9.53 Å². The first-order chi connectivity index (χ1) is 16.6. The van der Waals surface area contributed by atoms with Gasteiger partial charge in [0.2, 0.25) is 0 Å². The van der Waals surface area contributed by atoms with Crippen LogP contribution in [0.1, 0.15) is 27.2 Å². The second-order valence-electron chi connectivity index (χ2n) is 7.61. The summed E-state index contributed by atoms with van der Waals surface area (Å²) in [5.41, 5.74) is 3.78. The van der Waals surface area contributed by atoms with Crippen molar-refractivity contribution in [2.45, 2.75) is 13.0 Å². The Hall–Kier alpha value is -3.99. The Labute approximate surface area is 205 Å². The predicted molar refractivity (Wildman–Crippen MR) is 138 cm³/mol. The number of benzene rings is 2. The quantitative estimate of drug-likeness (QED) is 0.315. The average Bonchev–Trinajstić information content (AvgIpc) is 3.54. The Morgan fingerprint density at radius 1 is 1.12 bits per heavy atom. The Balaban J connectivity index is 1.55. The molecule has 4 aromatic rings. The Bertz CT molecular complexity index is 1440. The summed E-state index contributed by atoms with van der Waals surface area (Å²) in [5.74, 6) is 0.628. The van der Waals surface area contributed by atoms with Crippen LogP contribution in [0.3, 0.4) is 0 Å². The van der Waals surface area contributed by atoms with Gasteiger partial charge in [0.1, 0.15) is 33.6 Å². The number of thiophene rings is 1. The third-order valence-corrected chi connectivity index (χ3v) is 7.20. The molecule has 7 heteroatoms. The number of rotatable bonds is 5. The number of fused-ring (bicyclic) bond motifs is 1. The van der Waals surface area contributed by atoms with Gasteiger partial charge < -0.3 is 10.1 Å². The zero-order chi connectivity index (χ0) is 23.5. The zero-order valence-corrected chi connectivity index (χ0v) is 19.8. The van der Waals surface area contributed by atoms with Crippen LogP contribution in [0, 0.1) is 11.3 Å². The van der Waals surface area contributed by atoms with Crippen LogP contribution in [0.5, 0.6) is 5.75 Å². The van der Waals surface area contributed by atoms with Gasteiger partial charge in [-0.05, 0) is 42.2 Å².